The molecule has 0 amide bonds. The van der Waals surface area contributed by atoms with E-state index in [1.54, 1.807) is 23.1 Å². The lowest BCUT2D eigenvalue weighted by molar-refractivity contribution is 0.847. The lowest BCUT2D eigenvalue weighted by Gasteiger charge is -2.12. The molecule has 0 atom stereocenters. The second-order valence-electron chi connectivity index (χ2n) is 4.52. The Morgan fingerprint density at radius 1 is 1.10 bits per heavy atom. The third-order valence-corrected chi connectivity index (χ3v) is 2.90. The van der Waals surface area contributed by atoms with Gasteiger partial charge < -0.3 is 10.2 Å². The first-order valence-corrected chi connectivity index (χ1v) is 6.26. The van der Waals surface area contributed by atoms with Gasteiger partial charge in [-0.3, -0.25) is 0 Å². The fraction of sp³-hybridized carbons (Fsp3) is 0.231. The fourth-order valence-corrected chi connectivity index (χ4v) is 1.87. The monoisotopic (exact) mass is 269 g/mol. The van der Waals surface area contributed by atoms with Crippen molar-refractivity contribution in [2.24, 2.45) is 0 Å². The highest BCUT2D eigenvalue weighted by Gasteiger charge is 2.04. The smallest absolute Gasteiger partial charge is 0.224 e. The van der Waals surface area contributed by atoms with Crippen molar-refractivity contribution in [1.82, 2.24) is 24.6 Å². The topological polar surface area (TPSA) is 71.2 Å². The standard InChI is InChI=1S/C13H15N7/c1-19(2)12-4-7-15-13(18-12)16-9-10-3-6-14-11-5-8-17-20(10)11/h3-8H,9H2,1-2H3,(H,15,16,18). The van der Waals surface area contributed by atoms with Crippen LogP contribution in [0.2, 0.25) is 0 Å². The summed E-state index contributed by atoms with van der Waals surface area (Å²) in [5.41, 5.74) is 1.83. The molecule has 0 fully saturated rings. The summed E-state index contributed by atoms with van der Waals surface area (Å²) < 4.78 is 1.79. The Kier molecular flexibility index (Phi) is 3.16. The molecule has 3 aromatic heterocycles. The zero-order valence-electron chi connectivity index (χ0n) is 11.4. The van der Waals surface area contributed by atoms with Gasteiger partial charge in [-0.1, -0.05) is 0 Å². The number of nitrogens with zero attached hydrogens (tertiary/aromatic N) is 6. The Hall–Kier alpha value is -2.70. The van der Waals surface area contributed by atoms with Crippen molar-refractivity contribution in [2.75, 3.05) is 24.3 Å². The third-order valence-electron chi connectivity index (χ3n) is 2.90. The molecule has 0 aliphatic rings. The number of anilines is 2. The van der Waals surface area contributed by atoms with Crippen LogP contribution in [0, 0.1) is 0 Å². The summed E-state index contributed by atoms with van der Waals surface area (Å²) in [6.45, 7) is 0.581. The van der Waals surface area contributed by atoms with Crippen molar-refractivity contribution >= 4 is 17.4 Å². The van der Waals surface area contributed by atoms with Crippen molar-refractivity contribution in [2.45, 2.75) is 6.54 Å². The number of hydrogen-bond acceptors (Lipinski definition) is 6. The fourth-order valence-electron chi connectivity index (χ4n) is 1.87. The number of hydrogen-bond donors (Lipinski definition) is 1. The lowest BCUT2D eigenvalue weighted by atomic mass is 10.4. The first-order valence-electron chi connectivity index (χ1n) is 6.26. The molecule has 0 saturated heterocycles. The summed E-state index contributed by atoms with van der Waals surface area (Å²) in [6, 6.07) is 5.65. The van der Waals surface area contributed by atoms with Crippen LogP contribution >= 0.6 is 0 Å². The van der Waals surface area contributed by atoms with E-state index >= 15 is 0 Å². The molecule has 1 N–H and O–H groups in total. The van der Waals surface area contributed by atoms with Gasteiger partial charge in [-0.25, -0.2) is 14.5 Å². The maximum absolute atomic E-state index is 4.41. The molecule has 3 heterocycles. The molecule has 0 spiro atoms. The number of rotatable bonds is 4. The molecular weight excluding hydrogens is 254 g/mol. The van der Waals surface area contributed by atoms with E-state index < -0.39 is 0 Å². The molecule has 3 rings (SSSR count). The van der Waals surface area contributed by atoms with Gasteiger partial charge in [0.05, 0.1) is 18.4 Å². The zero-order valence-corrected chi connectivity index (χ0v) is 11.4. The molecule has 20 heavy (non-hydrogen) atoms. The second-order valence-corrected chi connectivity index (χ2v) is 4.52. The number of aromatic nitrogens is 5. The first-order chi connectivity index (χ1) is 9.74. The van der Waals surface area contributed by atoms with E-state index in [9.17, 15) is 0 Å². The molecule has 0 bridgehead atoms. The van der Waals surface area contributed by atoms with E-state index in [1.165, 1.54) is 0 Å². The third kappa shape index (κ3) is 2.37. The van der Waals surface area contributed by atoms with Gasteiger partial charge in [0.1, 0.15) is 5.82 Å². The molecule has 0 unspecified atom stereocenters. The van der Waals surface area contributed by atoms with Crippen molar-refractivity contribution in [1.29, 1.82) is 0 Å². The van der Waals surface area contributed by atoms with Crippen LogP contribution in [0.1, 0.15) is 5.69 Å². The van der Waals surface area contributed by atoms with Gasteiger partial charge in [-0.15, -0.1) is 0 Å². The van der Waals surface area contributed by atoms with Crippen molar-refractivity contribution in [3.05, 3.63) is 42.5 Å². The summed E-state index contributed by atoms with van der Waals surface area (Å²) in [4.78, 5) is 14.8. The largest absolute Gasteiger partial charge is 0.363 e. The SMILES string of the molecule is CN(C)c1ccnc(NCc2ccnc3ccnn23)n1. The van der Waals surface area contributed by atoms with Crippen LogP contribution < -0.4 is 10.2 Å². The van der Waals surface area contributed by atoms with Gasteiger partial charge in [0.15, 0.2) is 5.65 Å². The first kappa shape index (κ1) is 12.3. The lowest BCUT2D eigenvalue weighted by Crippen LogP contribution is -2.13. The van der Waals surface area contributed by atoms with Crippen molar-refractivity contribution < 1.29 is 0 Å². The summed E-state index contributed by atoms with van der Waals surface area (Å²) in [7, 11) is 3.89. The summed E-state index contributed by atoms with van der Waals surface area (Å²) in [6.07, 6.45) is 5.24. The van der Waals surface area contributed by atoms with Crippen LogP contribution in [-0.2, 0) is 6.54 Å². The quantitative estimate of drug-likeness (QED) is 0.767. The Morgan fingerprint density at radius 3 is 2.80 bits per heavy atom. The van der Waals surface area contributed by atoms with Gasteiger partial charge in [-0.05, 0) is 12.1 Å². The van der Waals surface area contributed by atoms with E-state index in [0.29, 0.717) is 12.5 Å². The van der Waals surface area contributed by atoms with Gasteiger partial charge in [0.25, 0.3) is 0 Å². The van der Waals surface area contributed by atoms with Crippen molar-refractivity contribution in [3.63, 3.8) is 0 Å². The summed E-state index contributed by atoms with van der Waals surface area (Å²) in [5, 5.41) is 7.44. The van der Waals surface area contributed by atoms with Crippen LogP contribution in [0.25, 0.3) is 5.65 Å². The predicted molar refractivity (Wildman–Crippen MR) is 76.7 cm³/mol. The Labute approximate surface area is 116 Å². The van der Waals surface area contributed by atoms with E-state index in [2.05, 4.69) is 25.4 Å². The molecular formula is C13H15N7. The second kappa shape index (κ2) is 5.12. The van der Waals surface area contributed by atoms with Crippen LogP contribution in [-0.4, -0.2) is 38.7 Å². The predicted octanol–water partition coefficient (Wildman–Crippen LogP) is 1.20. The van der Waals surface area contributed by atoms with Crippen LogP contribution in [0.15, 0.2) is 36.8 Å². The molecule has 7 nitrogen and oxygen atoms in total. The Morgan fingerprint density at radius 2 is 1.95 bits per heavy atom. The molecule has 7 heteroatoms. The maximum Gasteiger partial charge on any atom is 0.224 e. The molecule has 0 saturated carbocycles. The highest BCUT2D eigenvalue weighted by Crippen LogP contribution is 2.10. The van der Waals surface area contributed by atoms with Crippen molar-refractivity contribution in [3.8, 4) is 0 Å². The minimum atomic E-state index is 0.581. The normalized spacial score (nSPS) is 10.7. The van der Waals surface area contributed by atoms with Gasteiger partial charge in [0.2, 0.25) is 5.95 Å². The molecule has 102 valence electrons. The van der Waals surface area contributed by atoms with Crippen LogP contribution in [0.3, 0.4) is 0 Å². The zero-order chi connectivity index (χ0) is 13.9. The Bertz CT molecular complexity index is 719. The van der Waals surface area contributed by atoms with E-state index in [-0.39, 0.29) is 0 Å². The van der Waals surface area contributed by atoms with E-state index in [0.717, 1.165) is 17.2 Å². The Balaban J connectivity index is 1.79. The summed E-state index contributed by atoms with van der Waals surface area (Å²) >= 11 is 0. The minimum absolute atomic E-state index is 0.581. The van der Waals surface area contributed by atoms with Gasteiger partial charge >= 0.3 is 0 Å². The summed E-state index contributed by atoms with van der Waals surface area (Å²) in [5.74, 6) is 1.45. The minimum Gasteiger partial charge on any atom is -0.363 e. The maximum atomic E-state index is 4.41. The molecule has 0 aromatic carbocycles. The van der Waals surface area contributed by atoms with Gasteiger partial charge in [-0.2, -0.15) is 10.1 Å². The molecule has 0 aliphatic carbocycles. The van der Waals surface area contributed by atoms with Gasteiger partial charge in [0, 0.05) is 32.6 Å². The number of fused-ring (bicyclic) bond motifs is 1. The van der Waals surface area contributed by atoms with Crippen LogP contribution in [0.4, 0.5) is 11.8 Å². The highest BCUT2D eigenvalue weighted by molar-refractivity contribution is 5.41. The molecule has 3 aromatic rings. The number of nitrogens with one attached hydrogen (secondary N) is 1. The van der Waals surface area contributed by atoms with E-state index in [4.69, 9.17) is 0 Å². The average Bonchev–Trinajstić information content (AvgIpc) is 2.94. The molecule has 0 aliphatic heterocycles. The van der Waals surface area contributed by atoms with E-state index in [1.807, 2.05) is 37.2 Å². The average molecular weight is 269 g/mol. The van der Waals surface area contributed by atoms with Crippen LogP contribution in [0.5, 0.6) is 0 Å². The molecule has 0 radical (unpaired) electrons. The highest BCUT2D eigenvalue weighted by atomic mass is 15.3.